The van der Waals surface area contributed by atoms with Crippen molar-refractivity contribution in [1.29, 1.82) is 0 Å². The van der Waals surface area contributed by atoms with E-state index in [4.69, 9.17) is 0 Å². The van der Waals surface area contributed by atoms with Crippen LogP contribution in [0, 0.1) is 5.92 Å². The second-order valence-electron chi connectivity index (χ2n) is 4.38. The highest BCUT2D eigenvalue weighted by molar-refractivity contribution is 4.79. The zero-order valence-corrected chi connectivity index (χ0v) is 8.86. The summed E-state index contributed by atoms with van der Waals surface area (Å²) in [4.78, 5) is 0. The molecule has 0 aliphatic heterocycles. The molecule has 1 fully saturated rings. The third kappa shape index (κ3) is 3.81. The van der Waals surface area contributed by atoms with Gasteiger partial charge in [0.1, 0.15) is 0 Å². The van der Waals surface area contributed by atoms with Crippen molar-refractivity contribution in [2.75, 3.05) is 0 Å². The summed E-state index contributed by atoms with van der Waals surface area (Å²) in [6, 6.07) is 0. The Balaban J connectivity index is 2.24. The standard InChI is InChI=1S/C12H22O2/c1-2-6-11(13)9-12(14)10-7-4-3-5-8-10/h2,10-14H,1,3-9H2/t11-,12-/m0/s1. The van der Waals surface area contributed by atoms with Crippen molar-refractivity contribution in [1.82, 2.24) is 0 Å². The average Bonchev–Trinajstić information content (AvgIpc) is 2.19. The molecule has 0 unspecified atom stereocenters. The van der Waals surface area contributed by atoms with Gasteiger partial charge in [-0.2, -0.15) is 0 Å². The monoisotopic (exact) mass is 198 g/mol. The van der Waals surface area contributed by atoms with Gasteiger partial charge in [-0.3, -0.25) is 0 Å². The molecule has 82 valence electrons. The van der Waals surface area contributed by atoms with Gasteiger partial charge in [0.15, 0.2) is 0 Å². The number of aliphatic hydroxyl groups is 2. The molecule has 14 heavy (non-hydrogen) atoms. The molecule has 0 aromatic heterocycles. The summed E-state index contributed by atoms with van der Waals surface area (Å²) in [7, 11) is 0. The van der Waals surface area contributed by atoms with E-state index in [0.717, 1.165) is 12.8 Å². The SMILES string of the molecule is C=CC[C@H](O)C[C@H](O)C1CCCCC1. The van der Waals surface area contributed by atoms with Crippen LogP contribution < -0.4 is 0 Å². The first-order chi connectivity index (χ1) is 6.74. The van der Waals surface area contributed by atoms with Crippen molar-refractivity contribution in [3.63, 3.8) is 0 Å². The maximum Gasteiger partial charge on any atom is 0.0599 e. The minimum Gasteiger partial charge on any atom is -0.393 e. The van der Waals surface area contributed by atoms with Crippen molar-refractivity contribution >= 4 is 0 Å². The summed E-state index contributed by atoms with van der Waals surface area (Å²) in [5.74, 6) is 0.420. The number of rotatable bonds is 5. The average molecular weight is 198 g/mol. The smallest absolute Gasteiger partial charge is 0.0599 e. The van der Waals surface area contributed by atoms with Crippen LogP contribution in [-0.2, 0) is 0 Å². The summed E-state index contributed by atoms with van der Waals surface area (Å²) in [6.07, 6.45) is 8.11. The van der Waals surface area contributed by atoms with Crippen LogP contribution in [0.1, 0.15) is 44.9 Å². The Hall–Kier alpha value is -0.340. The summed E-state index contributed by atoms with van der Waals surface area (Å²) in [5.41, 5.74) is 0. The fourth-order valence-corrected chi connectivity index (χ4v) is 2.28. The normalized spacial score (nSPS) is 23.0. The van der Waals surface area contributed by atoms with E-state index in [1.807, 2.05) is 0 Å². The molecule has 0 bridgehead atoms. The van der Waals surface area contributed by atoms with Gasteiger partial charge in [0, 0.05) is 0 Å². The highest BCUT2D eigenvalue weighted by atomic mass is 16.3. The van der Waals surface area contributed by atoms with E-state index < -0.39 is 6.10 Å². The largest absolute Gasteiger partial charge is 0.393 e. The zero-order chi connectivity index (χ0) is 10.4. The molecule has 0 radical (unpaired) electrons. The predicted octanol–water partition coefficient (Wildman–Crippen LogP) is 2.25. The molecule has 0 aromatic carbocycles. The van der Waals surface area contributed by atoms with Crippen LogP contribution in [0.2, 0.25) is 0 Å². The molecule has 0 amide bonds. The summed E-state index contributed by atoms with van der Waals surface area (Å²) >= 11 is 0. The van der Waals surface area contributed by atoms with Crippen molar-refractivity contribution in [3.8, 4) is 0 Å². The fraction of sp³-hybridized carbons (Fsp3) is 0.833. The zero-order valence-electron chi connectivity index (χ0n) is 8.86. The Morgan fingerprint density at radius 3 is 2.43 bits per heavy atom. The first kappa shape index (κ1) is 11.7. The van der Waals surface area contributed by atoms with Gasteiger partial charge in [0.2, 0.25) is 0 Å². The Labute approximate surface area is 86.6 Å². The van der Waals surface area contributed by atoms with Crippen molar-refractivity contribution in [2.24, 2.45) is 5.92 Å². The molecule has 1 saturated carbocycles. The number of aliphatic hydroxyl groups excluding tert-OH is 2. The molecular weight excluding hydrogens is 176 g/mol. The predicted molar refractivity (Wildman–Crippen MR) is 58.0 cm³/mol. The maximum atomic E-state index is 9.88. The highest BCUT2D eigenvalue weighted by Crippen LogP contribution is 2.28. The minimum absolute atomic E-state index is 0.315. The van der Waals surface area contributed by atoms with Gasteiger partial charge in [-0.05, 0) is 31.6 Å². The molecule has 0 saturated heterocycles. The molecule has 1 aliphatic rings. The highest BCUT2D eigenvalue weighted by Gasteiger charge is 2.23. The molecule has 2 heteroatoms. The third-order valence-electron chi connectivity index (χ3n) is 3.15. The topological polar surface area (TPSA) is 40.5 Å². The van der Waals surface area contributed by atoms with Gasteiger partial charge in [-0.15, -0.1) is 6.58 Å². The van der Waals surface area contributed by atoms with E-state index in [9.17, 15) is 10.2 Å². The molecule has 0 spiro atoms. The summed E-state index contributed by atoms with van der Waals surface area (Å²) in [5, 5.41) is 19.4. The van der Waals surface area contributed by atoms with Gasteiger partial charge < -0.3 is 10.2 Å². The molecule has 0 heterocycles. The van der Waals surface area contributed by atoms with Gasteiger partial charge >= 0.3 is 0 Å². The molecule has 0 aromatic rings. The van der Waals surface area contributed by atoms with Gasteiger partial charge in [0.25, 0.3) is 0 Å². The lowest BCUT2D eigenvalue weighted by molar-refractivity contribution is 0.0320. The van der Waals surface area contributed by atoms with Crippen LogP contribution in [0.25, 0.3) is 0 Å². The van der Waals surface area contributed by atoms with Gasteiger partial charge in [-0.25, -0.2) is 0 Å². The van der Waals surface area contributed by atoms with E-state index in [1.165, 1.54) is 19.3 Å². The van der Waals surface area contributed by atoms with E-state index >= 15 is 0 Å². The van der Waals surface area contributed by atoms with Gasteiger partial charge in [0.05, 0.1) is 12.2 Å². The van der Waals surface area contributed by atoms with E-state index in [2.05, 4.69) is 6.58 Å². The van der Waals surface area contributed by atoms with Crippen LogP contribution in [-0.4, -0.2) is 22.4 Å². The van der Waals surface area contributed by atoms with Crippen molar-refractivity contribution < 1.29 is 10.2 Å². The molecule has 2 N–H and O–H groups in total. The molecule has 2 atom stereocenters. The van der Waals surface area contributed by atoms with Crippen molar-refractivity contribution in [2.45, 2.75) is 57.2 Å². The third-order valence-corrected chi connectivity index (χ3v) is 3.15. The molecular formula is C12H22O2. The Morgan fingerprint density at radius 1 is 1.21 bits per heavy atom. The molecule has 1 rings (SSSR count). The lowest BCUT2D eigenvalue weighted by atomic mass is 9.83. The van der Waals surface area contributed by atoms with E-state index in [0.29, 0.717) is 18.8 Å². The van der Waals surface area contributed by atoms with Crippen LogP contribution in [0.4, 0.5) is 0 Å². The first-order valence-electron chi connectivity index (χ1n) is 5.71. The fourth-order valence-electron chi connectivity index (χ4n) is 2.28. The lowest BCUT2D eigenvalue weighted by Crippen LogP contribution is -2.27. The van der Waals surface area contributed by atoms with Crippen LogP contribution in [0.5, 0.6) is 0 Å². The van der Waals surface area contributed by atoms with Gasteiger partial charge in [-0.1, -0.05) is 25.3 Å². The molecule has 1 aliphatic carbocycles. The summed E-state index contributed by atoms with van der Waals surface area (Å²) < 4.78 is 0. The van der Waals surface area contributed by atoms with Crippen LogP contribution >= 0.6 is 0 Å². The van der Waals surface area contributed by atoms with Crippen LogP contribution in [0.3, 0.4) is 0 Å². The second-order valence-corrected chi connectivity index (χ2v) is 4.38. The maximum absolute atomic E-state index is 9.88. The lowest BCUT2D eigenvalue weighted by Gasteiger charge is -2.27. The Kier molecular flexibility index (Phi) is 5.20. The Morgan fingerprint density at radius 2 is 1.86 bits per heavy atom. The van der Waals surface area contributed by atoms with E-state index in [1.54, 1.807) is 6.08 Å². The number of hydrogen-bond donors (Lipinski definition) is 2. The second kappa shape index (κ2) is 6.20. The molecule has 2 nitrogen and oxygen atoms in total. The minimum atomic E-state index is -0.413. The summed E-state index contributed by atoms with van der Waals surface area (Å²) in [6.45, 7) is 3.58. The van der Waals surface area contributed by atoms with E-state index in [-0.39, 0.29) is 6.10 Å². The quantitative estimate of drug-likeness (QED) is 0.665. The number of hydrogen-bond acceptors (Lipinski definition) is 2. The Bertz CT molecular complexity index is 162. The van der Waals surface area contributed by atoms with Crippen molar-refractivity contribution in [3.05, 3.63) is 12.7 Å². The van der Waals surface area contributed by atoms with Crippen LogP contribution in [0.15, 0.2) is 12.7 Å². The first-order valence-corrected chi connectivity index (χ1v) is 5.71.